The highest BCUT2D eigenvalue weighted by Crippen LogP contribution is 2.35. The van der Waals surface area contributed by atoms with E-state index in [9.17, 15) is 4.79 Å². The molecule has 1 unspecified atom stereocenters. The van der Waals surface area contributed by atoms with Crippen LogP contribution in [0.4, 0.5) is 0 Å². The normalized spacial score (nSPS) is 16.4. The number of rotatable bonds is 2. The van der Waals surface area contributed by atoms with Gasteiger partial charge in [0, 0.05) is 18.4 Å². The lowest BCUT2D eigenvalue weighted by atomic mass is 10.1. The lowest BCUT2D eigenvalue weighted by Gasteiger charge is -2.24. The summed E-state index contributed by atoms with van der Waals surface area (Å²) in [4.78, 5) is 23.3. The first-order chi connectivity index (χ1) is 11.5. The van der Waals surface area contributed by atoms with Crippen molar-refractivity contribution in [2.75, 3.05) is 7.05 Å². The van der Waals surface area contributed by atoms with Crippen LogP contribution in [0.3, 0.4) is 0 Å². The fourth-order valence-corrected chi connectivity index (χ4v) is 3.49. The molecule has 0 spiro atoms. The van der Waals surface area contributed by atoms with Gasteiger partial charge in [-0.1, -0.05) is 24.3 Å². The first-order valence-corrected chi connectivity index (χ1v) is 8.10. The molecular weight excluding hydrogens is 302 g/mol. The van der Waals surface area contributed by atoms with Crippen molar-refractivity contribution >= 4 is 11.7 Å². The van der Waals surface area contributed by atoms with Crippen molar-refractivity contribution in [1.82, 2.24) is 24.5 Å². The van der Waals surface area contributed by atoms with Crippen molar-refractivity contribution in [3.8, 4) is 0 Å². The Kier molecular flexibility index (Phi) is 3.33. The quantitative estimate of drug-likeness (QED) is 0.727. The van der Waals surface area contributed by atoms with Crippen LogP contribution in [0.25, 0.3) is 5.78 Å². The Morgan fingerprint density at radius 1 is 1.25 bits per heavy atom. The van der Waals surface area contributed by atoms with Gasteiger partial charge in [-0.15, -0.1) is 5.10 Å². The summed E-state index contributed by atoms with van der Waals surface area (Å²) in [7, 11) is 1.83. The Bertz CT molecular complexity index is 946. The minimum Gasteiger partial charge on any atom is -0.332 e. The van der Waals surface area contributed by atoms with Crippen LogP contribution in [-0.4, -0.2) is 37.4 Å². The van der Waals surface area contributed by atoms with Crippen LogP contribution < -0.4 is 0 Å². The van der Waals surface area contributed by atoms with E-state index in [0.717, 1.165) is 24.2 Å². The summed E-state index contributed by atoms with van der Waals surface area (Å²) < 4.78 is 1.62. The highest BCUT2D eigenvalue weighted by Gasteiger charge is 2.30. The number of aryl methyl sites for hydroxylation is 3. The second-order valence-corrected chi connectivity index (χ2v) is 6.36. The fraction of sp³-hybridized carbons (Fsp3) is 0.333. The van der Waals surface area contributed by atoms with E-state index in [4.69, 9.17) is 0 Å². The molecule has 2 heterocycles. The van der Waals surface area contributed by atoms with E-state index in [1.54, 1.807) is 9.42 Å². The molecule has 1 aliphatic rings. The predicted molar refractivity (Wildman–Crippen MR) is 89.9 cm³/mol. The summed E-state index contributed by atoms with van der Waals surface area (Å²) in [6, 6.07) is 10.3. The van der Waals surface area contributed by atoms with Gasteiger partial charge in [0.05, 0.1) is 6.04 Å². The summed E-state index contributed by atoms with van der Waals surface area (Å²) in [6.45, 7) is 3.84. The van der Waals surface area contributed by atoms with Crippen LogP contribution in [-0.2, 0) is 6.42 Å². The summed E-state index contributed by atoms with van der Waals surface area (Å²) in [5.74, 6) is 0.499. The van der Waals surface area contributed by atoms with E-state index >= 15 is 0 Å². The van der Waals surface area contributed by atoms with Gasteiger partial charge >= 0.3 is 0 Å². The molecule has 1 atom stereocenters. The molecule has 0 saturated heterocycles. The van der Waals surface area contributed by atoms with Crippen molar-refractivity contribution in [3.05, 3.63) is 58.7 Å². The molecule has 6 heteroatoms. The summed E-state index contributed by atoms with van der Waals surface area (Å²) in [5, 5.41) is 4.35. The molecule has 1 aliphatic carbocycles. The number of carbonyl (C=O) groups is 1. The van der Waals surface area contributed by atoms with Crippen molar-refractivity contribution < 1.29 is 4.79 Å². The van der Waals surface area contributed by atoms with Gasteiger partial charge in [-0.05, 0) is 43.9 Å². The molecule has 122 valence electrons. The minimum atomic E-state index is -0.167. The molecule has 6 nitrogen and oxygen atoms in total. The molecule has 0 radical (unpaired) electrons. The van der Waals surface area contributed by atoms with Gasteiger partial charge < -0.3 is 4.90 Å². The zero-order valence-electron chi connectivity index (χ0n) is 14.0. The Morgan fingerprint density at radius 2 is 2.04 bits per heavy atom. The van der Waals surface area contributed by atoms with E-state index in [-0.39, 0.29) is 17.8 Å². The Hall–Kier alpha value is -2.76. The third-order valence-corrected chi connectivity index (χ3v) is 4.70. The Morgan fingerprint density at radius 3 is 2.88 bits per heavy atom. The topological polar surface area (TPSA) is 63.4 Å². The summed E-state index contributed by atoms with van der Waals surface area (Å²) in [5.41, 5.74) is 4.32. The summed E-state index contributed by atoms with van der Waals surface area (Å²) in [6.07, 6.45) is 1.93. The number of benzene rings is 1. The van der Waals surface area contributed by atoms with Crippen molar-refractivity contribution in [2.45, 2.75) is 32.7 Å². The number of hydrogen-bond acceptors (Lipinski definition) is 4. The molecule has 4 rings (SSSR count). The molecule has 0 fully saturated rings. The van der Waals surface area contributed by atoms with Gasteiger partial charge in [0.1, 0.15) is 0 Å². The molecule has 0 N–H and O–H groups in total. The third-order valence-electron chi connectivity index (χ3n) is 4.70. The average molecular weight is 321 g/mol. The van der Waals surface area contributed by atoms with Gasteiger partial charge in [0.15, 0.2) is 0 Å². The van der Waals surface area contributed by atoms with Crippen LogP contribution in [0.15, 0.2) is 30.3 Å². The fourth-order valence-electron chi connectivity index (χ4n) is 3.49. The number of carbonyl (C=O) groups excluding carboxylic acids is 1. The standard InChI is InChI=1S/C18H19N5O/c1-11-10-12(2)23-18(19-11)20-16(21-23)17(24)22(3)15-9-8-13-6-4-5-7-14(13)15/h4-7,10,15H,8-9H2,1-3H3. The molecule has 1 amide bonds. The number of hydrogen-bond donors (Lipinski definition) is 0. The number of aromatic nitrogens is 4. The lowest BCUT2D eigenvalue weighted by Crippen LogP contribution is -2.31. The zero-order chi connectivity index (χ0) is 16.8. The monoisotopic (exact) mass is 321 g/mol. The molecule has 0 aliphatic heterocycles. The van der Waals surface area contributed by atoms with E-state index in [1.807, 2.05) is 39.1 Å². The van der Waals surface area contributed by atoms with Gasteiger partial charge in [0.2, 0.25) is 5.82 Å². The molecule has 3 aromatic rings. The molecular formula is C18H19N5O. The first kappa shape index (κ1) is 14.8. The van der Waals surface area contributed by atoms with E-state index in [2.05, 4.69) is 27.2 Å². The maximum Gasteiger partial charge on any atom is 0.293 e. The molecule has 0 bridgehead atoms. The van der Waals surface area contributed by atoms with Crippen LogP contribution >= 0.6 is 0 Å². The van der Waals surface area contributed by atoms with Crippen molar-refractivity contribution in [1.29, 1.82) is 0 Å². The number of amides is 1. The summed E-state index contributed by atoms with van der Waals surface area (Å²) >= 11 is 0. The van der Waals surface area contributed by atoms with Gasteiger partial charge in [-0.3, -0.25) is 4.79 Å². The highest BCUT2D eigenvalue weighted by molar-refractivity contribution is 5.91. The number of fused-ring (bicyclic) bond motifs is 2. The predicted octanol–water partition coefficient (Wildman–Crippen LogP) is 2.50. The smallest absolute Gasteiger partial charge is 0.293 e. The van der Waals surface area contributed by atoms with E-state index in [1.165, 1.54) is 11.1 Å². The number of nitrogens with zero attached hydrogens (tertiary/aromatic N) is 5. The van der Waals surface area contributed by atoms with E-state index < -0.39 is 0 Å². The first-order valence-electron chi connectivity index (χ1n) is 8.10. The van der Waals surface area contributed by atoms with Gasteiger partial charge in [-0.2, -0.15) is 4.98 Å². The Labute approximate surface area is 140 Å². The van der Waals surface area contributed by atoms with Crippen LogP contribution in [0.2, 0.25) is 0 Å². The van der Waals surface area contributed by atoms with Crippen LogP contribution in [0, 0.1) is 13.8 Å². The van der Waals surface area contributed by atoms with Gasteiger partial charge in [-0.25, -0.2) is 9.50 Å². The molecule has 2 aromatic heterocycles. The Balaban J connectivity index is 1.68. The highest BCUT2D eigenvalue weighted by atomic mass is 16.2. The SMILES string of the molecule is Cc1cc(C)n2nc(C(=O)N(C)C3CCc4ccccc43)nc2n1. The largest absolute Gasteiger partial charge is 0.332 e. The maximum atomic E-state index is 12.9. The second-order valence-electron chi connectivity index (χ2n) is 6.36. The molecule has 0 saturated carbocycles. The lowest BCUT2D eigenvalue weighted by molar-refractivity contribution is 0.0718. The molecule has 24 heavy (non-hydrogen) atoms. The molecule has 1 aromatic carbocycles. The minimum absolute atomic E-state index is 0.0797. The van der Waals surface area contributed by atoms with E-state index in [0.29, 0.717) is 5.78 Å². The third kappa shape index (κ3) is 2.26. The van der Waals surface area contributed by atoms with Crippen LogP contribution in [0.1, 0.15) is 45.6 Å². The second kappa shape index (κ2) is 5.40. The zero-order valence-corrected chi connectivity index (χ0v) is 14.0. The van der Waals surface area contributed by atoms with Gasteiger partial charge in [0.25, 0.3) is 11.7 Å². The van der Waals surface area contributed by atoms with Crippen LogP contribution in [0.5, 0.6) is 0 Å². The maximum absolute atomic E-state index is 12.9. The van der Waals surface area contributed by atoms with Crippen molar-refractivity contribution in [2.24, 2.45) is 0 Å². The van der Waals surface area contributed by atoms with Crippen molar-refractivity contribution in [3.63, 3.8) is 0 Å². The average Bonchev–Trinajstić information content (AvgIpc) is 3.17.